The Labute approximate surface area is 135 Å². The quantitative estimate of drug-likeness (QED) is 0.851. The van der Waals surface area contributed by atoms with Gasteiger partial charge in [-0.05, 0) is 24.3 Å². The Hall–Kier alpha value is -1.29. The van der Waals surface area contributed by atoms with Crippen LogP contribution in [0.15, 0.2) is 36.5 Å². The highest BCUT2D eigenvalue weighted by molar-refractivity contribution is 6.35. The minimum atomic E-state index is 0.367. The van der Waals surface area contributed by atoms with Crippen molar-refractivity contribution in [3.8, 4) is 5.75 Å². The van der Waals surface area contributed by atoms with Gasteiger partial charge in [-0.3, -0.25) is 4.98 Å². The van der Waals surface area contributed by atoms with Crippen LogP contribution in [0.1, 0.15) is 25.1 Å². The Kier molecular flexibility index (Phi) is 5.85. The largest absolute Gasteiger partial charge is 0.485 e. The molecule has 0 saturated carbocycles. The number of benzene rings is 1. The summed E-state index contributed by atoms with van der Waals surface area (Å²) in [6.45, 7) is 5.19. The molecule has 0 radical (unpaired) electrons. The van der Waals surface area contributed by atoms with Gasteiger partial charge in [-0.2, -0.15) is 0 Å². The second-order valence-electron chi connectivity index (χ2n) is 5.02. The van der Waals surface area contributed by atoms with E-state index in [1.165, 1.54) is 0 Å². The number of ether oxygens (including phenoxy) is 1. The number of halogens is 2. The zero-order chi connectivity index (χ0) is 15.2. The van der Waals surface area contributed by atoms with Crippen LogP contribution in [0.4, 0.5) is 0 Å². The summed E-state index contributed by atoms with van der Waals surface area (Å²) in [5.74, 6) is 0.653. The van der Waals surface area contributed by atoms with Gasteiger partial charge in [0.25, 0.3) is 0 Å². The number of aromatic nitrogens is 1. The van der Waals surface area contributed by atoms with Gasteiger partial charge in [0.1, 0.15) is 12.4 Å². The summed E-state index contributed by atoms with van der Waals surface area (Å²) < 4.78 is 5.85. The van der Waals surface area contributed by atoms with E-state index in [-0.39, 0.29) is 0 Å². The van der Waals surface area contributed by atoms with Crippen LogP contribution in [0, 0.1) is 0 Å². The molecule has 2 aromatic rings. The van der Waals surface area contributed by atoms with Crippen LogP contribution in [-0.4, -0.2) is 11.0 Å². The number of nitrogens with one attached hydrogen (secondary N) is 1. The summed E-state index contributed by atoms with van der Waals surface area (Å²) >= 11 is 12.3. The molecule has 0 unspecified atom stereocenters. The molecule has 0 fully saturated rings. The molecule has 0 aliphatic heterocycles. The molecule has 0 aliphatic carbocycles. The molecule has 0 amide bonds. The molecular weight excluding hydrogens is 307 g/mol. The molecule has 5 heteroatoms. The fourth-order valence-electron chi connectivity index (χ4n) is 1.85. The molecular formula is C16H18Cl2N2O. The third-order valence-corrected chi connectivity index (χ3v) is 3.38. The van der Waals surface area contributed by atoms with Gasteiger partial charge in [0.15, 0.2) is 0 Å². The highest BCUT2D eigenvalue weighted by Crippen LogP contribution is 2.33. The van der Waals surface area contributed by atoms with E-state index in [9.17, 15) is 0 Å². The van der Waals surface area contributed by atoms with E-state index < -0.39 is 0 Å². The lowest BCUT2D eigenvalue weighted by Gasteiger charge is -2.15. The van der Waals surface area contributed by atoms with E-state index in [0.717, 1.165) is 11.3 Å². The van der Waals surface area contributed by atoms with Crippen LogP contribution < -0.4 is 10.1 Å². The first-order chi connectivity index (χ1) is 10.1. The fourth-order valence-corrected chi connectivity index (χ4v) is 2.44. The summed E-state index contributed by atoms with van der Waals surface area (Å²) in [6, 6.07) is 9.64. The van der Waals surface area contributed by atoms with Crippen molar-refractivity contribution in [1.82, 2.24) is 10.3 Å². The Morgan fingerprint density at radius 1 is 1.24 bits per heavy atom. The number of nitrogens with zero attached hydrogens (tertiary/aromatic N) is 1. The van der Waals surface area contributed by atoms with Crippen molar-refractivity contribution in [2.75, 3.05) is 0 Å². The normalized spacial score (nSPS) is 10.9. The second kappa shape index (κ2) is 7.64. The zero-order valence-electron chi connectivity index (χ0n) is 12.1. The summed E-state index contributed by atoms with van der Waals surface area (Å²) in [7, 11) is 0. The summed E-state index contributed by atoms with van der Waals surface area (Å²) in [6.07, 6.45) is 1.74. The third-order valence-electron chi connectivity index (χ3n) is 2.88. The number of pyridine rings is 1. The summed E-state index contributed by atoms with van der Waals surface area (Å²) in [5, 5.41) is 4.46. The van der Waals surface area contributed by atoms with Crippen LogP contribution in [-0.2, 0) is 13.2 Å². The van der Waals surface area contributed by atoms with Crippen LogP contribution in [0.5, 0.6) is 5.75 Å². The van der Waals surface area contributed by atoms with Gasteiger partial charge in [0.05, 0.1) is 10.7 Å². The van der Waals surface area contributed by atoms with Gasteiger partial charge in [-0.1, -0.05) is 43.1 Å². The molecule has 112 valence electrons. The molecule has 2 rings (SSSR count). The molecule has 0 spiro atoms. The molecule has 1 aromatic carbocycles. The van der Waals surface area contributed by atoms with E-state index in [2.05, 4.69) is 24.1 Å². The minimum absolute atomic E-state index is 0.367. The smallest absolute Gasteiger partial charge is 0.143 e. The highest BCUT2D eigenvalue weighted by Gasteiger charge is 2.11. The van der Waals surface area contributed by atoms with E-state index in [1.807, 2.05) is 24.3 Å². The molecule has 21 heavy (non-hydrogen) atoms. The van der Waals surface area contributed by atoms with Gasteiger partial charge in [-0.15, -0.1) is 0 Å². The maximum absolute atomic E-state index is 6.26. The van der Waals surface area contributed by atoms with E-state index in [1.54, 1.807) is 12.3 Å². The topological polar surface area (TPSA) is 34.1 Å². The Morgan fingerprint density at radius 3 is 2.71 bits per heavy atom. The van der Waals surface area contributed by atoms with Crippen LogP contribution in [0.2, 0.25) is 10.0 Å². The Bertz CT molecular complexity index is 588. The van der Waals surface area contributed by atoms with Crippen molar-refractivity contribution < 1.29 is 4.74 Å². The SMILES string of the molecule is CC(C)NCc1cc(Cl)cc(Cl)c1OCc1ccccn1. The Balaban J connectivity index is 2.16. The first-order valence-electron chi connectivity index (χ1n) is 6.80. The number of rotatable bonds is 6. The molecule has 1 aromatic heterocycles. The van der Waals surface area contributed by atoms with E-state index in [0.29, 0.717) is 35.0 Å². The average Bonchev–Trinajstić information content (AvgIpc) is 2.45. The second-order valence-corrected chi connectivity index (χ2v) is 5.86. The van der Waals surface area contributed by atoms with Crippen molar-refractivity contribution in [2.24, 2.45) is 0 Å². The van der Waals surface area contributed by atoms with Crippen molar-refractivity contribution in [3.63, 3.8) is 0 Å². The van der Waals surface area contributed by atoms with Gasteiger partial charge < -0.3 is 10.1 Å². The monoisotopic (exact) mass is 324 g/mol. The van der Waals surface area contributed by atoms with Gasteiger partial charge in [0, 0.05) is 29.4 Å². The van der Waals surface area contributed by atoms with Gasteiger partial charge in [-0.25, -0.2) is 0 Å². The summed E-state index contributed by atoms with van der Waals surface area (Å²) in [5.41, 5.74) is 1.79. The molecule has 0 atom stereocenters. The molecule has 3 nitrogen and oxygen atoms in total. The number of hydrogen-bond donors (Lipinski definition) is 1. The maximum Gasteiger partial charge on any atom is 0.143 e. The van der Waals surface area contributed by atoms with Crippen molar-refractivity contribution in [2.45, 2.75) is 33.0 Å². The lowest BCUT2D eigenvalue weighted by Crippen LogP contribution is -2.22. The summed E-state index contributed by atoms with van der Waals surface area (Å²) in [4.78, 5) is 4.24. The van der Waals surface area contributed by atoms with Crippen molar-refractivity contribution in [1.29, 1.82) is 0 Å². The lowest BCUT2D eigenvalue weighted by atomic mass is 10.2. The molecule has 1 N–H and O–H groups in total. The van der Waals surface area contributed by atoms with Crippen LogP contribution in [0.3, 0.4) is 0 Å². The highest BCUT2D eigenvalue weighted by atomic mass is 35.5. The van der Waals surface area contributed by atoms with Crippen molar-refractivity contribution in [3.05, 3.63) is 57.8 Å². The van der Waals surface area contributed by atoms with E-state index in [4.69, 9.17) is 27.9 Å². The zero-order valence-corrected chi connectivity index (χ0v) is 13.6. The lowest BCUT2D eigenvalue weighted by molar-refractivity contribution is 0.297. The molecule has 1 heterocycles. The molecule has 0 bridgehead atoms. The molecule has 0 saturated heterocycles. The number of hydrogen-bond acceptors (Lipinski definition) is 3. The predicted octanol–water partition coefficient (Wildman–Crippen LogP) is 4.47. The standard InChI is InChI=1S/C16H18Cl2N2O/c1-11(2)20-9-12-7-13(17)8-15(18)16(12)21-10-14-5-3-4-6-19-14/h3-8,11,20H,9-10H2,1-2H3. The van der Waals surface area contributed by atoms with Crippen LogP contribution >= 0.6 is 23.2 Å². The maximum atomic E-state index is 6.26. The molecule has 0 aliphatic rings. The first kappa shape index (κ1) is 16.1. The third kappa shape index (κ3) is 4.88. The predicted molar refractivity (Wildman–Crippen MR) is 87.0 cm³/mol. The first-order valence-corrected chi connectivity index (χ1v) is 7.56. The Morgan fingerprint density at radius 2 is 2.05 bits per heavy atom. The van der Waals surface area contributed by atoms with E-state index >= 15 is 0 Å². The fraction of sp³-hybridized carbons (Fsp3) is 0.312. The van der Waals surface area contributed by atoms with Crippen LogP contribution in [0.25, 0.3) is 0 Å². The van der Waals surface area contributed by atoms with Crippen molar-refractivity contribution >= 4 is 23.2 Å². The van der Waals surface area contributed by atoms with Gasteiger partial charge in [0.2, 0.25) is 0 Å². The van der Waals surface area contributed by atoms with Gasteiger partial charge >= 0.3 is 0 Å². The average molecular weight is 325 g/mol. The minimum Gasteiger partial charge on any atom is -0.485 e.